The van der Waals surface area contributed by atoms with Crippen molar-refractivity contribution in [1.82, 2.24) is 9.55 Å². The van der Waals surface area contributed by atoms with E-state index in [1.54, 1.807) is 12.4 Å². The van der Waals surface area contributed by atoms with E-state index in [4.69, 9.17) is 10.5 Å². The van der Waals surface area contributed by atoms with Gasteiger partial charge in [-0.05, 0) is 43.4 Å². The molecule has 1 aliphatic heterocycles. The van der Waals surface area contributed by atoms with Gasteiger partial charge in [-0.1, -0.05) is 12.8 Å². The normalized spacial score (nSPS) is 16.2. The summed E-state index contributed by atoms with van der Waals surface area (Å²) in [5.41, 5.74) is 5.68. The van der Waals surface area contributed by atoms with E-state index in [1.807, 2.05) is 16.7 Å². The molecule has 172 valence electrons. The molecule has 8 nitrogen and oxygen atoms in total. The number of aromatic carboxylic acids is 1. The summed E-state index contributed by atoms with van der Waals surface area (Å²) in [5, 5.41) is 12.6. The van der Waals surface area contributed by atoms with Crippen LogP contribution in [0.2, 0.25) is 0 Å². The Labute approximate surface area is 189 Å². The number of pyridine rings is 2. The van der Waals surface area contributed by atoms with Gasteiger partial charge in [0.05, 0.1) is 22.1 Å². The van der Waals surface area contributed by atoms with Crippen LogP contribution in [0.4, 0.5) is 15.8 Å². The fourth-order valence-electron chi connectivity index (χ4n) is 5.12. The molecule has 0 atom stereocenters. The fourth-order valence-corrected chi connectivity index (χ4v) is 5.12. The molecule has 2 aliphatic rings. The number of nitrogens with one attached hydrogen (secondary N) is 1. The molecule has 2 aromatic heterocycles. The van der Waals surface area contributed by atoms with E-state index in [0.29, 0.717) is 12.1 Å². The van der Waals surface area contributed by atoms with Crippen LogP contribution in [-0.4, -0.2) is 33.8 Å². The molecule has 5 rings (SSSR count). The second kappa shape index (κ2) is 8.06. The lowest BCUT2D eigenvalue weighted by atomic mass is 9.93. The highest BCUT2D eigenvalue weighted by molar-refractivity contribution is 6.03. The smallest absolute Gasteiger partial charge is 0.341 e. The maximum atomic E-state index is 15.4. The van der Waals surface area contributed by atoms with Gasteiger partial charge in [0.15, 0.2) is 11.6 Å². The lowest BCUT2D eigenvalue weighted by molar-refractivity contribution is 0.0692. The molecule has 0 unspecified atom stereocenters. The first-order valence-corrected chi connectivity index (χ1v) is 11.1. The highest BCUT2D eigenvalue weighted by Crippen LogP contribution is 2.48. The second-order valence-electron chi connectivity index (χ2n) is 8.81. The van der Waals surface area contributed by atoms with Gasteiger partial charge in [0.25, 0.3) is 0 Å². The molecule has 33 heavy (non-hydrogen) atoms. The number of carboxylic acid groups (broad SMARTS) is 1. The fraction of sp³-hybridized carbons (Fsp3) is 0.375. The average Bonchev–Trinajstić information content (AvgIpc) is 3.28. The van der Waals surface area contributed by atoms with Crippen molar-refractivity contribution in [3.05, 3.63) is 57.9 Å². The number of nitrogens with zero attached hydrogens (tertiary/aromatic N) is 2. The third-order valence-electron chi connectivity index (χ3n) is 6.83. The molecule has 1 spiro atoms. The number of aromatic nitrogens is 2. The number of rotatable bonds is 6. The largest absolute Gasteiger partial charge is 0.487 e. The Bertz CT molecular complexity index is 1300. The summed E-state index contributed by atoms with van der Waals surface area (Å²) in [7, 11) is 0. The number of anilines is 2. The van der Waals surface area contributed by atoms with Crippen LogP contribution >= 0.6 is 0 Å². The predicted molar refractivity (Wildman–Crippen MR) is 123 cm³/mol. The van der Waals surface area contributed by atoms with Crippen molar-refractivity contribution < 1.29 is 19.0 Å². The van der Waals surface area contributed by atoms with Crippen LogP contribution in [0.25, 0.3) is 10.9 Å². The van der Waals surface area contributed by atoms with Gasteiger partial charge in [-0.3, -0.25) is 9.78 Å². The van der Waals surface area contributed by atoms with Crippen LogP contribution in [0.1, 0.15) is 48.0 Å². The average molecular weight is 452 g/mol. The highest BCUT2D eigenvalue weighted by Gasteiger charge is 2.43. The molecule has 4 N–H and O–H groups in total. The maximum Gasteiger partial charge on any atom is 0.341 e. The molecule has 3 heterocycles. The molecule has 0 radical (unpaired) electrons. The molecule has 0 bridgehead atoms. The second-order valence-corrected chi connectivity index (χ2v) is 8.81. The summed E-state index contributed by atoms with van der Waals surface area (Å²) >= 11 is 0. The van der Waals surface area contributed by atoms with E-state index in [9.17, 15) is 14.7 Å². The van der Waals surface area contributed by atoms with Crippen molar-refractivity contribution in [2.75, 3.05) is 24.2 Å². The quantitative estimate of drug-likeness (QED) is 0.387. The number of hydrogen-bond acceptors (Lipinski definition) is 6. The Morgan fingerprint density at radius 1 is 1.30 bits per heavy atom. The molecule has 0 saturated heterocycles. The Morgan fingerprint density at radius 3 is 2.73 bits per heavy atom. The van der Waals surface area contributed by atoms with E-state index in [0.717, 1.165) is 44.1 Å². The van der Waals surface area contributed by atoms with Crippen LogP contribution < -0.4 is 21.2 Å². The van der Waals surface area contributed by atoms with Gasteiger partial charge in [-0.2, -0.15) is 0 Å². The van der Waals surface area contributed by atoms with Crippen LogP contribution in [0.5, 0.6) is 5.75 Å². The minimum Gasteiger partial charge on any atom is -0.487 e. The SMILES string of the molecule is Nc1c(F)c(NCCCc2ccncc2)c2c3c1c(=O)c(C(=O)O)cn3C1(CCCC1)CO2. The van der Waals surface area contributed by atoms with Gasteiger partial charge in [0.2, 0.25) is 5.43 Å². The number of halogens is 1. The first-order valence-electron chi connectivity index (χ1n) is 11.1. The van der Waals surface area contributed by atoms with Crippen molar-refractivity contribution in [3.63, 3.8) is 0 Å². The summed E-state index contributed by atoms with van der Waals surface area (Å²) in [5.74, 6) is -1.94. The minimum absolute atomic E-state index is 0.110. The van der Waals surface area contributed by atoms with Gasteiger partial charge >= 0.3 is 5.97 Å². The third-order valence-corrected chi connectivity index (χ3v) is 6.83. The number of hydrogen-bond donors (Lipinski definition) is 3. The number of nitrogen functional groups attached to an aromatic ring is 1. The molecule has 1 aromatic carbocycles. The summed E-state index contributed by atoms with van der Waals surface area (Å²) in [6.07, 6.45) is 9.86. The molecule has 9 heteroatoms. The molecule has 0 amide bonds. The van der Waals surface area contributed by atoms with Crippen molar-refractivity contribution in [3.8, 4) is 5.75 Å². The van der Waals surface area contributed by atoms with Crippen molar-refractivity contribution in [1.29, 1.82) is 0 Å². The minimum atomic E-state index is -1.36. The zero-order chi connectivity index (χ0) is 23.2. The van der Waals surface area contributed by atoms with E-state index >= 15 is 4.39 Å². The van der Waals surface area contributed by atoms with Gasteiger partial charge in [-0.15, -0.1) is 0 Å². The number of nitrogens with two attached hydrogens (primary N) is 1. The molecule has 1 saturated carbocycles. The summed E-state index contributed by atoms with van der Waals surface area (Å²) < 4.78 is 23.3. The number of benzene rings is 1. The van der Waals surface area contributed by atoms with Crippen molar-refractivity contribution in [2.24, 2.45) is 0 Å². The summed E-state index contributed by atoms with van der Waals surface area (Å²) in [6, 6.07) is 3.86. The highest BCUT2D eigenvalue weighted by atomic mass is 19.1. The van der Waals surface area contributed by atoms with Crippen LogP contribution in [0.15, 0.2) is 35.5 Å². The Kier molecular flexibility index (Phi) is 5.19. The van der Waals surface area contributed by atoms with Crippen molar-refractivity contribution in [2.45, 2.75) is 44.1 Å². The van der Waals surface area contributed by atoms with Gasteiger partial charge in [0, 0.05) is 25.1 Å². The van der Waals surface area contributed by atoms with Crippen LogP contribution in [-0.2, 0) is 12.0 Å². The number of carbonyl (C=O) groups is 1. The van der Waals surface area contributed by atoms with Gasteiger partial charge in [-0.25, -0.2) is 9.18 Å². The first-order chi connectivity index (χ1) is 15.9. The lowest BCUT2D eigenvalue weighted by Crippen LogP contribution is -2.42. The van der Waals surface area contributed by atoms with Crippen LogP contribution in [0, 0.1) is 5.82 Å². The Hall–Kier alpha value is -3.62. The standard InChI is InChI=1S/C24H25FN4O4/c25-17-18(26)16-20-22(19(17)28-9-3-4-14-5-10-27-11-6-14)33-13-24(7-1-2-8-24)29(20)12-15(21(16)30)23(31)32/h5-6,10-12,28H,1-4,7-9,13,26H2,(H,31,32). The summed E-state index contributed by atoms with van der Waals surface area (Å²) in [4.78, 5) is 28.8. The number of carboxylic acids is 1. The predicted octanol–water partition coefficient (Wildman–Crippen LogP) is 3.52. The van der Waals surface area contributed by atoms with Gasteiger partial charge in [0.1, 0.15) is 17.9 Å². The molecular formula is C24H25FN4O4. The topological polar surface area (TPSA) is 119 Å². The van der Waals surface area contributed by atoms with Crippen molar-refractivity contribution >= 4 is 28.2 Å². The molecular weight excluding hydrogens is 427 g/mol. The molecule has 3 aromatic rings. The molecule has 1 aliphatic carbocycles. The first kappa shape index (κ1) is 21.2. The number of ether oxygens (including phenoxy) is 1. The Morgan fingerprint density at radius 2 is 2.03 bits per heavy atom. The zero-order valence-electron chi connectivity index (χ0n) is 18.1. The van der Waals surface area contributed by atoms with E-state index in [1.165, 1.54) is 6.20 Å². The van der Waals surface area contributed by atoms with E-state index in [-0.39, 0.29) is 29.1 Å². The zero-order valence-corrected chi connectivity index (χ0v) is 18.1. The maximum absolute atomic E-state index is 15.4. The molecule has 1 fully saturated rings. The third kappa shape index (κ3) is 3.39. The summed E-state index contributed by atoms with van der Waals surface area (Å²) in [6.45, 7) is 0.745. The Balaban J connectivity index is 1.60. The monoisotopic (exact) mass is 452 g/mol. The van der Waals surface area contributed by atoms with E-state index in [2.05, 4.69) is 10.3 Å². The van der Waals surface area contributed by atoms with E-state index < -0.39 is 28.3 Å². The lowest BCUT2D eigenvalue weighted by Gasteiger charge is -2.39. The number of fused-ring (bicyclic) bond motifs is 1. The van der Waals surface area contributed by atoms with Gasteiger partial charge < -0.3 is 25.5 Å². The number of aryl methyl sites for hydroxylation is 1. The van der Waals surface area contributed by atoms with Crippen LogP contribution in [0.3, 0.4) is 0 Å².